The van der Waals surface area contributed by atoms with Gasteiger partial charge in [0.05, 0.1) is 22.1 Å². The highest BCUT2D eigenvalue weighted by molar-refractivity contribution is 7.90. The Hall–Kier alpha value is -3.07. The Kier molecular flexibility index (Phi) is 5.78. The first-order valence-corrected chi connectivity index (χ1v) is 11.0. The molecule has 0 aromatic heterocycles. The summed E-state index contributed by atoms with van der Waals surface area (Å²) >= 11 is 0. The van der Waals surface area contributed by atoms with Crippen molar-refractivity contribution in [2.45, 2.75) is 31.2 Å². The molecule has 1 atom stereocenters. The zero-order valence-electron chi connectivity index (χ0n) is 16.1. The van der Waals surface area contributed by atoms with Gasteiger partial charge in [0.15, 0.2) is 9.84 Å². The highest BCUT2D eigenvalue weighted by atomic mass is 32.2. The van der Waals surface area contributed by atoms with Gasteiger partial charge >= 0.3 is 0 Å². The molecule has 2 aromatic carbocycles. The number of sulfone groups is 1. The highest BCUT2D eigenvalue weighted by Gasteiger charge is 2.29. The Balaban J connectivity index is 1.90. The molecule has 9 heteroatoms. The van der Waals surface area contributed by atoms with Crippen LogP contribution in [0.15, 0.2) is 58.5 Å². The van der Waals surface area contributed by atoms with Crippen LogP contribution in [0.4, 0.5) is 5.69 Å². The number of benzene rings is 2. The number of carbonyl (C=O) groups excluding carboxylic acids is 1. The lowest BCUT2D eigenvalue weighted by molar-refractivity contribution is -0.384. The summed E-state index contributed by atoms with van der Waals surface area (Å²) in [5, 5.41) is 16.7. The smallest absolute Gasteiger partial charge is 0.269 e. The number of nitrogens with zero attached hydrogens (tertiary/aromatic N) is 3. The summed E-state index contributed by atoms with van der Waals surface area (Å²) < 4.78 is 23.4. The van der Waals surface area contributed by atoms with E-state index in [-0.39, 0.29) is 29.0 Å². The van der Waals surface area contributed by atoms with E-state index in [2.05, 4.69) is 5.10 Å². The number of hydrogen-bond acceptors (Lipinski definition) is 6. The first kappa shape index (κ1) is 20.7. The molecule has 3 rings (SSSR count). The van der Waals surface area contributed by atoms with E-state index in [4.69, 9.17) is 0 Å². The molecule has 0 bridgehead atoms. The van der Waals surface area contributed by atoms with Gasteiger partial charge in [-0.1, -0.05) is 31.2 Å². The summed E-state index contributed by atoms with van der Waals surface area (Å²) in [4.78, 5) is 23.1. The molecule has 29 heavy (non-hydrogen) atoms. The maximum absolute atomic E-state index is 12.5. The fourth-order valence-corrected chi connectivity index (χ4v) is 3.83. The minimum Gasteiger partial charge on any atom is -0.273 e. The summed E-state index contributed by atoms with van der Waals surface area (Å²) in [5.74, 6) is -0.175. The van der Waals surface area contributed by atoms with E-state index in [0.29, 0.717) is 6.42 Å². The van der Waals surface area contributed by atoms with Crippen molar-refractivity contribution in [2.24, 2.45) is 11.0 Å². The third-order valence-electron chi connectivity index (χ3n) is 4.87. The Morgan fingerprint density at radius 1 is 1.14 bits per heavy atom. The maximum Gasteiger partial charge on any atom is 0.269 e. The standard InChI is InChI=1S/C20H21N3O5S/c1-3-15-12-19(24)22(13-14-4-8-17(9-5-14)23(25)26)21-20(15)16-6-10-18(11-7-16)29(2,27)28/h4-11,15H,3,12-13H2,1-2H3. The molecule has 0 saturated heterocycles. The van der Waals surface area contributed by atoms with Gasteiger partial charge in [-0.2, -0.15) is 5.10 Å². The van der Waals surface area contributed by atoms with Crippen molar-refractivity contribution >= 4 is 27.1 Å². The molecular formula is C20H21N3O5S. The second-order valence-electron chi connectivity index (χ2n) is 6.97. The summed E-state index contributed by atoms with van der Waals surface area (Å²) in [7, 11) is -3.29. The van der Waals surface area contributed by atoms with Gasteiger partial charge in [0.25, 0.3) is 5.69 Å². The number of carbonyl (C=O) groups is 1. The van der Waals surface area contributed by atoms with Gasteiger partial charge in [-0.25, -0.2) is 13.4 Å². The number of amides is 1. The predicted octanol–water partition coefficient (Wildman–Crippen LogP) is 3.16. The topological polar surface area (TPSA) is 110 Å². The van der Waals surface area contributed by atoms with E-state index < -0.39 is 14.8 Å². The monoisotopic (exact) mass is 415 g/mol. The van der Waals surface area contributed by atoms with Crippen LogP contribution in [0, 0.1) is 16.0 Å². The van der Waals surface area contributed by atoms with Gasteiger partial charge in [0.2, 0.25) is 5.91 Å². The van der Waals surface area contributed by atoms with Crippen LogP contribution in [-0.4, -0.2) is 36.2 Å². The van der Waals surface area contributed by atoms with Gasteiger partial charge in [0, 0.05) is 30.7 Å². The fraction of sp³-hybridized carbons (Fsp3) is 0.300. The van der Waals surface area contributed by atoms with E-state index in [9.17, 15) is 23.3 Å². The fourth-order valence-electron chi connectivity index (χ4n) is 3.20. The van der Waals surface area contributed by atoms with Crippen LogP contribution in [0.5, 0.6) is 0 Å². The van der Waals surface area contributed by atoms with Crippen LogP contribution in [-0.2, 0) is 21.2 Å². The average molecular weight is 415 g/mol. The largest absolute Gasteiger partial charge is 0.273 e. The van der Waals surface area contributed by atoms with Crippen molar-refractivity contribution in [3.8, 4) is 0 Å². The van der Waals surface area contributed by atoms with E-state index in [1.807, 2.05) is 6.92 Å². The van der Waals surface area contributed by atoms with Crippen molar-refractivity contribution in [3.63, 3.8) is 0 Å². The summed E-state index contributed by atoms with van der Waals surface area (Å²) in [6.45, 7) is 2.18. The van der Waals surface area contributed by atoms with Gasteiger partial charge in [0.1, 0.15) is 0 Å². The molecule has 2 aromatic rings. The molecule has 1 unspecified atom stereocenters. The van der Waals surface area contributed by atoms with Crippen molar-refractivity contribution in [1.82, 2.24) is 5.01 Å². The lowest BCUT2D eigenvalue weighted by Crippen LogP contribution is -2.36. The van der Waals surface area contributed by atoms with Gasteiger partial charge in [-0.3, -0.25) is 14.9 Å². The molecule has 1 heterocycles. The van der Waals surface area contributed by atoms with Crippen LogP contribution in [0.3, 0.4) is 0 Å². The van der Waals surface area contributed by atoms with Crippen molar-refractivity contribution in [1.29, 1.82) is 0 Å². The number of nitro groups is 1. The van der Waals surface area contributed by atoms with Crippen LogP contribution < -0.4 is 0 Å². The summed E-state index contributed by atoms with van der Waals surface area (Å²) in [6.07, 6.45) is 2.18. The molecule has 0 saturated carbocycles. The zero-order chi connectivity index (χ0) is 21.2. The van der Waals surface area contributed by atoms with Crippen molar-refractivity contribution in [2.75, 3.05) is 6.26 Å². The quantitative estimate of drug-likeness (QED) is 0.532. The van der Waals surface area contributed by atoms with Gasteiger partial charge in [-0.15, -0.1) is 0 Å². The second-order valence-corrected chi connectivity index (χ2v) is 8.98. The third kappa shape index (κ3) is 4.68. The molecular weight excluding hydrogens is 394 g/mol. The Labute approximate surface area is 168 Å². The molecule has 1 aliphatic heterocycles. The normalized spacial score (nSPS) is 17.2. The molecule has 0 N–H and O–H groups in total. The highest BCUT2D eigenvalue weighted by Crippen LogP contribution is 2.26. The third-order valence-corrected chi connectivity index (χ3v) is 6.00. The van der Waals surface area contributed by atoms with E-state index in [0.717, 1.165) is 29.5 Å². The van der Waals surface area contributed by atoms with Crippen molar-refractivity contribution in [3.05, 3.63) is 69.8 Å². The number of rotatable bonds is 6. The maximum atomic E-state index is 12.5. The minimum absolute atomic E-state index is 0.0140. The van der Waals surface area contributed by atoms with Crippen LogP contribution in [0.25, 0.3) is 0 Å². The molecule has 152 valence electrons. The molecule has 8 nitrogen and oxygen atoms in total. The van der Waals surface area contributed by atoms with Crippen molar-refractivity contribution < 1.29 is 18.1 Å². The SMILES string of the molecule is CCC1CC(=O)N(Cc2ccc([N+](=O)[O-])cc2)N=C1c1ccc(S(C)(=O)=O)cc1. The van der Waals surface area contributed by atoms with Crippen LogP contribution in [0.1, 0.15) is 30.9 Å². The molecule has 0 radical (unpaired) electrons. The summed E-state index contributed by atoms with van der Waals surface area (Å²) in [5.41, 5.74) is 2.22. The van der Waals surface area contributed by atoms with Gasteiger partial charge in [-0.05, 0) is 29.7 Å². The predicted molar refractivity (Wildman–Crippen MR) is 108 cm³/mol. The van der Waals surface area contributed by atoms with Crippen LogP contribution in [0.2, 0.25) is 0 Å². The van der Waals surface area contributed by atoms with E-state index >= 15 is 0 Å². The van der Waals surface area contributed by atoms with E-state index in [1.165, 1.54) is 29.3 Å². The Morgan fingerprint density at radius 3 is 2.28 bits per heavy atom. The van der Waals surface area contributed by atoms with E-state index in [1.54, 1.807) is 24.3 Å². The van der Waals surface area contributed by atoms with Gasteiger partial charge < -0.3 is 0 Å². The first-order chi connectivity index (χ1) is 13.7. The second kappa shape index (κ2) is 8.12. The minimum atomic E-state index is -3.29. The number of hydrogen-bond donors (Lipinski definition) is 0. The number of non-ortho nitro benzene ring substituents is 1. The summed E-state index contributed by atoms with van der Waals surface area (Å²) in [6, 6.07) is 12.5. The lowest BCUT2D eigenvalue weighted by Gasteiger charge is -2.29. The lowest BCUT2D eigenvalue weighted by atomic mass is 9.90. The molecule has 0 spiro atoms. The molecule has 1 aliphatic rings. The zero-order valence-corrected chi connectivity index (χ0v) is 16.9. The Bertz CT molecular complexity index is 1060. The Morgan fingerprint density at radius 2 is 1.76 bits per heavy atom. The average Bonchev–Trinajstić information content (AvgIpc) is 2.69. The molecule has 0 fully saturated rings. The number of nitro benzene ring substituents is 1. The van der Waals surface area contributed by atoms with Crippen LogP contribution >= 0.6 is 0 Å². The molecule has 1 amide bonds. The molecule has 0 aliphatic carbocycles. The number of hydrazone groups is 1. The first-order valence-electron chi connectivity index (χ1n) is 9.11.